The Hall–Kier alpha value is -2.96. The number of H-pyrrole nitrogens is 1. The summed E-state index contributed by atoms with van der Waals surface area (Å²) >= 11 is 0. The number of carbonyl (C=O) groups excluding carboxylic acids is 1. The molecule has 2 N–H and O–H groups in total. The van der Waals surface area contributed by atoms with E-state index < -0.39 is 0 Å². The fourth-order valence-corrected chi connectivity index (χ4v) is 3.51. The van der Waals surface area contributed by atoms with Gasteiger partial charge in [-0.3, -0.25) is 5.10 Å². The lowest BCUT2D eigenvalue weighted by molar-refractivity contribution is 0.0600. The number of methoxy groups -OCH3 is 1. The van der Waals surface area contributed by atoms with Gasteiger partial charge in [-0.25, -0.2) is 4.79 Å². The molecule has 1 aliphatic heterocycles. The van der Waals surface area contributed by atoms with Crippen LogP contribution in [-0.2, 0) is 16.0 Å². The molecule has 0 amide bonds. The third-order valence-corrected chi connectivity index (χ3v) is 5.24. The first kappa shape index (κ1) is 19.4. The Balaban J connectivity index is 1.43. The molecule has 1 fully saturated rings. The van der Waals surface area contributed by atoms with Gasteiger partial charge < -0.3 is 14.8 Å². The summed E-state index contributed by atoms with van der Waals surface area (Å²) in [5, 5.41) is 11.1. The van der Waals surface area contributed by atoms with Crippen LogP contribution in [0.15, 0.2) is 54.6 Å². The molecule has 0 aliphatic carbocycles. The van der Waals surface area contributed by atoms with Crippen LogP contribution in [0.4, 0.5) is 0 Å². The van der Waals surface area contributed by atoms with Gasteiger partial charge in [0, 0.05) is 31.4 Å². The minimum absolute atomic E-state index is 0.354. The van der Waals surface area contributed by atoms with Crippen LogP contribution in [0.2, 0.25) is 0 Å². The standard InChI is InChI=1S/C23H25N3O3/c1-28-23(27)19-4-2-3-18(13-19)22-14-21(25-26-22)17-7-5-16(6-8-17)15-24-20-9-11-29-12-10-20/h2-8,13-14,20,24H,9-12,15H2,1H3,(H,25,26). The molecule has 2 heterocycles. The number of hydrogen-bond donors (Lipinski definition) is 2. The number of ether oxygens (including phenoxy) is 2. The lowest BCUT2D eigenvalue weighted by Crippen LogP contribution is -2.34. The quantitative estimate of drug-likeness (QED) is 0.625. The predicted molar refractivity (Wildman–Crippen MR) is 111 cm³/mol. The summed E-state index contributed by atoms with van der Waals surface area (Å²) in [7, 11) is 1.38. The fraction of sp³-hybridized carbons (Fsp3) is 0.304. The highest BCUT2D eigenvalue weighted by molar-refractivity contribution is 5.90. The molecule has 2 aromatic carbocycles. The minimum atomic E-state index is -0.354. The molecular formula is C23H25N3O3. The number of hydrogen-bond acceptors (Lipinski definition) is 5. The molecule has 0 spiro atoms. The third-order valence-electron chi connectivity index (χ3n) is 5.24. The Morgan fingerprint density at radius 1 is 1.14 bits per heavy atom. The van der Waals surface area contributed by atoms with E-state index in [-0.39, 0.29) is 5.97 Å². The predicted octanol–water partition coefficient (Wildman–Crippen LogP) is 3.80. The van der Waals surface area contributed by atoms with E-state index in [9.17, 15) is 4.79 Å². The first-order valence-electron chi connectivity index (χ1n) is 9.87. The summed E-state index contributed by atoms with van der Waals surface area (Å²) in [5.74, 6) is -0.354. The van der Waals surface area contributed by atoms with Gasteiger partial charge in [0.1, 0.15) is 0 Å². The highest BCUT2D eigenvalue weighted by Gasteiger charge is 2.13. The van der Waals surface area contributed by atoms with E-state index in [0.717, 1.165) is 55.1 Å². The second kappa shape index (κ2) is 9.03. The highest BCUT2D eigenvalue weighted by atomic mass is 16.5. The number of esters is 1. The molecule has 6 heteroatoms. The number of carbonyl (C=O) groups is 1. The molecule has 6 nitrogen and oxygen atoms in total. The zero-order valence-electron chi connectivity index (χ0n) is 16.5. The van der Waals surface area contributed by atoms with Crippen LogP contribution in [0.5, 0.6) is 0 Å². The molecule has 3 aromatic rings. The van der Waals surface area contributed by atoms with Crippen LogP contribution in [0.25, 0.3) is 22.5 Å². The Morgan fingerprint density at radius 3 is 2.69 bits per heavy atom. The summed E-state index contributed by atoms with van der Waals surface area (Å²) in [4.78, 5) is 11.7. The van der Waals surface area contributed by atoms with E-state index >= 15 is 0 Å². The Bertz CT molecular complexity index is 960. The van der Waals surface area contributed by atoms with Gasteiger partial charge in [0.15, 0.2) is 0 Å². The molecule has 150 valence electrons. The van der Waals surface area contributed by atoms with Gasteiger partial charge in [-0.05, 0) is 42.2 Å². The van der Waals surface area contributed by atoms with Crippen molar-refractivity contribution in [1.82, 2.24) is 15.5 Å². The molecule has 0 bridgehead atoms. The summed E-state index contributed by atoms with van der Waals surface area (Å²) in [5.41, 5.74) is 5.43. The number of nitrogens with zero attached hydrogens (tertiary/aromatic N) is 1. The van der Waals surface area contributed by atoms with Crippen LogP contribution in [-0.4, -0.2) is 42.5 Å². The van der Waals surface area contributed by atoms with E-state index in [1.165, 1.54) is 12.7 Å². The minimum Gasteiger partial charge on any atom is -0.465 e. The van der Waals surface area contributed by atoms with Crippen LogP contribution >= 0.6 is 0 Å². The largest absolute Gasteiger partial charge is 0.465 e. The molecule has 0 saturated carbocycles. The van der Waals surface area contributed by atoms with Gasteiger partial charge in [-0.15, -0.1) is 0 Å². The SMILES string of the molecule is COC(=O)c1cccc(-c2cc(-c3ccc(CNC4CCOCC4)cc3)[nH]n2)c1. The number of rotatable bonds is 6. The Morgan fingerprint density at radius 2 is 1.93 bits per heavy atom. The van der Waals surface area contributed by atoms with E-state index in [1.807, 2.05) is 18.2 Å². The maximum absolute atomic E-state index is 11.7. The van der Waals surface area contributed by atoms with Crippen LogP contribution in [0, 0.1) is 0 Å². The van der Waals surface area contributed by atoms with E-state index in [4.69, 9.17) is 9.47 Å². The highest BCUT2D eigenvalue weighted by Crippen LogP contribution is 2.25. The zero-order chi connectivity index (χ0) is 20.1. The van der Waals surface area contributed by atoms with E-state index in [0.29, 0.717) is 11.6 Å². The van der Waals surface area contributed by atoms with Crippen molar-refractivity contribution in [2.45, 2.75) is 25.4 Å². The van der Waals surface area contributed by atoms with Crippen LogP contribution in [0.1, 0.15) is 28.8 Å². The number of nitrogens with one attached hydrogen (secondary N) is 2. The van der Waals surface area contributed by atoms with Crippen LogP contribution in [0.3, 0.4) is 0 Å². The first-order valence-corrected chi connectivity index (χ1v) is 9.87. The molecule has 0 unspecified atom stereocenters. The average Bonchev–Trinajstić information content (AvgIpc) is 3.29. The van der Waals surface area contributed by atoms with Gasteiger partial charge in [-0.1, -0.05) is 36.4 Å². The summed E-state index contributed by atoms with van der Waals surface area (Å²) < 4.78 is 10.2. The molecule has 4 rings (SSSR count). The lowest BCUT2D eigenvalue weighted by atomic mass is 10.1. The summed E-state index contributed by atoms with van der Waals surface area (Å²) in [6, 6.07) is 18.3. The van der Waals surface area contributed by atoms with Crippen molar-refractivity contribution >= 4 is 5.97 Å². The number of aromatic amines is 1. The van der Waals surface area contributed by atoms with Crippen molar-refractivity contribution in [2.75, 3.05) is 20.3 Å². The molecule has 1 aliphatic rings. The lowest BCUT2D eigenvalue weighted by Gasteiger charge is -2.23. The molecule has 0 radical (unpaired) electrons. The Kier molecular flexibility index (Phi) is 6.03. The van der Waals surface area contributed by atoms with Gasteiger partial charge in [0.25, 0.3) is 0 Å². The molecule has 29 heavy (non-hydrogen) atoms. The van der Waals surface area contributed by atoms with Gasteiger partial charge in [0.2, 0.25) is 0 Å². The van der Waals surface area contributed by atoms with E-state index in [1.54, 1.807) is 12.1 Å². The van der Waals surface area contributed by atoms with Crippen molar-refractivity contribution in [3.63, 3.8) is 0 Å². The van der Waals surface area contributed by atoms with Crippen molar-refractivity contribution in [3.8, 4) is 22.5 Å². The first-order chi connectivity index (χ1) is 14.2. The van der Waals surface area contributed by atoms with E-state index in [2.05, 4.69) is 39.8 Å². The fourth-order valence-electron chi connectivity index (χ4n) is 3.51. The molecular weight excluding hydrogens is 366 g/mol. The topological polar surface area (TPSA) is 76.2 Å². The second-order valence-electron chi connectivity index (χ2n) is 7.20. The zero-order valence-corrected chi connectivity index (χ0v) is 16.5. The van der Waals surface area contributed by atoms with Crippen molar-refractivity contribution < 1.29 is 14.3 Å². The number of aromatic nitrogens is 2. The van der Waals surface area contributed by atoms with Gasteiger partial charge in [-0.2, -0.15) is 5.10 Å². The summed E-state index contributed by atoms with van der Waals surface area (Å²) in [6.45, 7) is 2.56. The van der Waals surface area contributed by atoms with Gasteiger partial charge >= 0.3 is 5.97 Å². The average molecular weight is 391 g/mol. The third kappa shape index (κ3) is 4.72. The van der Waals surface area contributed by atoms with Gasteiger partial charge in [0.05, 0.1) is 24.1 Å². The van der Waals surface area contributed by atoms with Crippen molar-refractivity contribution in [3.05, 3.63) is 65.7 Å². The monoisotopic (exact) mass is 391 g/mol. The molecule has 0 atom stereocenters. The van der Waals surface area contributed by atoms with Crippen LogP contribution < -0.4 is 5.32 Å². The Labute approximate surface area is 170 Å². The van der Waals surface area contributed by atoms with Crippen molar-refractivity contribution in [1.29, 1.82) is 0 Å². The van der Waals surface area contributed by atoms with Crippen molar-refractivity contribution in [2.24, 2.45) is 0 Å². The molecule has 1 aromatic heterocycles. The maximum atomic E-state index is 11.7. The number of benzene rings is 2. The smallest absolute Gasteiger partial charge is 0.337 e. The second-order valence-corrected chi connectivity index (χ2v) is 7.20. The maximum Gasteiger partial charge on any atom is 0.337 e. The summed E-state index contributed by atoms with van der Waals surface area (Å²) in [6.07, 6.45) is 2.15. The normalized spacial score (nSPS) is 14.7. The molecule has 1 saturated heterocycles.